The van der Waals surface area contributed by atoms with Gasteiger partial charge in [-0.1, -0.05) is 56.7 Å². The molecule has 0 spiro atoms. The molecule has 0 saturated heterocycles. The maximum atomic E-state index is 12.9. The Hall–Kier alpha value is -3.93. The standard InChI is InChI=1S/C29H30N4O2/c1-3-5-14-30-29(35)27-19-32-26(18-33-27)21-12-13-25-23(16-21)22(15-20-10-7-6-8-11-20)24(17-31-25)28(34)9-4-2/h6-8,10-13,16-19H,3-5,9,14-15H2,1-2H3,(H,30,35). The van der Waals surface area contributed by atoms with E-state index in [1.54, 1.807) is 12.4 Å². The SMILES string of the molecule is CCCCNC(=O)c1cnc(-c2ccc3ncc(C(=O)CCC)c(Cc4ccccc4)c3c2)cn1. The van der Waals surface area contributed by atoms with Crippen LogP contribution >= 0.6 is 0 Å². The van der Waals surface area contributed by atoms with Gasteiger partial charge in [-0.3, -0.25) is 19.6 Å². The number of hydrogen-bond donors (Lipinski definition) is 1. The molecule has 2 heterocycles. The second-order valence-electron chi connectivity index (χ2n) is 8.61. The summed E-state index contributed by atoms with van der Waals surface area (Å²) < 4.78 is 0. The average molecular weight is 467 g/mol. The third kappa shape index (κ3) is 5.77. The Balaban J connectivity index is 1.72. The van der Waals surface area contributed by atoms with Crippen LogP contribution < -0.4 is 5.32 Å². The van der Waals surface area contributed by atoms with E-state index in [0.717, 1.165) is 46.9 Å². The molecule has 0 bridgehead atoms. The number of fused-ring (bicyclic) bond motifs is 1. The van der Waals surface area contributed by atoms with Crippen LogP contribution in [0.4, 0.5) is 0 Å². The highest BCUT2D eigenvalue weighted by molar-refractivity contribution is 6.02. The van der Waals surface area contributed by atoms with Gasteiger partial charge in [0.15, 0.2) is 5.78 Å². The number of Topliss-reactive ketones (excluding diaryl/α,β-unsaturated/α-hetero) is 1. The lowest BCUT2D eigenvalue weighted by atomic mass is 9.92. The summed E-state index contributed by atoms with van der Waals surface area (Å²) in [6, 6.07) is 16.1. The van der Waals surface area contributed by atoms with Gasteiger partial charge in [-0.25, -0.2) is 4.98 Å². The van der Waals surface area contributed by atoms with Crippen LogP contribution in [0.5, 0.6) is 0 Å². The Kier molecular flexibility index (Phi) is 7.93. The number of unbranched alkanes of at least 4 members (excludes halogenated alkanes) is 1. The Morgan fingerprint density at radius 2 is 1.71 bits per heavy atom. The molecular formula is C29H30N4O2. The molecule has 0 unspecified atom stereocenters. The number of carbonyl (C=O) groups excluding carboxylic acids is 2. The highest BCUT2D eigenvalue weighted by Gasteiger charge is 2.17. The van der Waals surface area contributed by atoms with Crippen molar-refractivity contribution in [3.05, 3.63) is 89.5 Å². The van der Waals surface area contributed by atoms with Gasteiger partial charge in [-0.2, -0.15) is 0 Å². The second kappa shape index (κ2) is 11.5. The minimum absolute atomic E-state index is 0.108. The molecule has 0 saturated carbocycles. The van der Waals surface area contributed by atoms with Gasteiger partial charge in [0.05, 0.1) is 23.6 Å². The maximum Gasteiger partial charge on any atom is 0.271 e. The van der Waals surface area contributed by atoms with Gasteiger partial charge in [0, 0.05) is 35.7 Å². The van der Waals surface area contributed by atoms with Crippen LogP contribution in [0.2, 0.25) is 0 Å². The van der Waals surface area contributed by atoms with Crippen molar-refractivity contribution in [2.75, 3.05) is 6.54 Å². The predicted octanol–water partition coefficient (Wildman–Crippen LogP) is 5.80. The van der Waals surface area contributed by atoms with Crippen molar-refractivity contribution in [1.82, 2.24) is 20.3 Å². The molecule has 2 aromatic carbocycles. The fraction of sp³-hybridized carbons (Fsp3) is 0.276. The van der Waals surface area contributed by atoms with Crippen LogP contribution in [0.15, 0.2) is 67.1 Å². The molecule has 1 N–H and O–H groups in total. The number of benzene rings is 2. The van der Waals surface area contributed by atoms with Crippen molar-refractivity contribution in [1.29, 1.82) is 0 Å². The summed E-state index contributed by atoms with van der Waals surface area (Å²) >= 11 is 0. The predicted molar refractivity (Wildman–Crippen MR) is 138 cm³/mol. The molecule has 2 aromatic heterocycles. The highest BCUT2D eigenvalue weighted by atomic mass is 16.1. The van der Waals surface area contributed by atoms with Gasteiger partial charge in [-0.05, 0) is 42.5 Å². The molecule has 4 aromatic rings. The zero-order valence-electron chi connectivity index (χ0n) is 20.3. The van der Waals surface area contributed by atoms with Crippen molar-refractivity contribution >= 4 is 22.6 Å². The van der Waals surface area contributed by atoms with Crippen molar-refractivity contribution in [3.8, 4) is 11.3 Å². The van der Waals surface area contributed by atoms with Gasteiger partial charge in [0.2, 0.25) is 0 Å². The molecule has 6 nitrogen and oxygen atoms in total. The monoisotopic (exact) mass is 466 g/mol. The smallest absolute Gasteiger partial charge is 0.271 e. The first-order valence-electron chi connectivity index (χ1n) is 12.2. The van der Waals surface area contributed by atoms with Gasteiger partial charge in [0.25, 0.3) is 5.91 Å². The van der Waals surface area contributed by atoms with Crippen molar-refractivity contribution < 1.29 is 9.59 Å². The van der Waals surface area contributed by atoms with Crippen LogP contribution in [0, 0.1) is 0 Å². The number of rotatable bonds is 10. The number of carbonyl (C=O) groups is 2. The quantitative estimate of drug-likeness (QED) is 0.236. The van der Waals surface area contributed by atoms with Crippen LogP contribution in [0.25, 0.3) is 22.2 Å². The first-order chi connectivity index (χ1) is 17.1. The molecule has 178 valence electrons. The van der Waals surface area contributed by atoms with Crippen molar-refractivity contribution in [2.45, 2.75) is 46.0 Å². The summed E-state index contributed by atoms with van der Waals surface area (Å²) in [5.74, 6) is -0.110. The zero-order chi connectivity index (χ0) is 24.6. The normalized spacial score (nSPS) is 10.9. The van der Waals surface area contributed by atoms with E-state index in [9.17, 15) is 9.59 Å². The summed E-state index contributed by atoms with van der Waals surface area (Å²) in [7, 11) is 0. The van der Waals surface area contributed by atoms with Crippen LogP contribution in [-0.4, -0.2) is 33.2 Å². The zero-order valence-corrected chi connectivity index (χ0v) is 20.3. The Morgan fingerprint density at radius 1 is 0.886 bits per heavy atom. The third-order valence-corrected chi connectivity index (χ3v) is 5.98. The van der Waals surface area contributed by atoms with Gasteiger partial charge >= 0.3 is 0 Å². The molecule has 1 amide bonds. The molecule has 0 fully saturated rings. The van der Waals surface area contributed by atoms with E-state index in [-0.39, 0.29) is 11.7 Å². The number of ketones is 1. The molecule has 6 heteroatoms. The van der Waals surface area contributed by atoms with Crippen molar-refractivity contribution in [2.24, 2.45) is 0 Å². The van der Waals surface area contributed by atoms with E-state index in [1.165, 1.54) is 6.20 Å². The topological polar surface area (TPSA) is 84.8 Å². The Labute approximate surface area is 205 Å². The molecule has 0 aliphatic rings. The minimum Gasteiger partial charge on any atom is -0.351 e. The van der Waals surface area contributed by atoms with E-state index < -0.39 is 0 Å². The van der Waals surface area contributed by atoms with Crippen molar-refractivity contribution in [3.63, 3.8) is 0 Å². The number of nitrogens with one attached hydrogen (secondary N) is 1. The van der Waals surface area contributed by atoms with Crippen LogP contribution in [0.3, 0.4) is 0 Å². The van der Waals surface area contributed by atoms with E-state index in [1.807, 2.05) is 43.3 Å². The molecule has 4 rings (SSSR count). The Bertz CT molecular complexity index is 1320. The number of pyridine rings is 1. The summed E-state index contributed by atoms with van der Waals surface area (Å²) in [5.41, 5.74) is 5.42. The largest absolute Gasteiger partial charge is 0.351 e. The summed E-state index contributed by atoms with van der Waals surface area (Å²) in [5, 5.41) is 3.79. The van der Waals surface area contributed by atoms with Gasteiger partial charge in [0.1, 0.15) is 5.69 Å². The molecule has 35 heavy (non-hydrogen) atoms. The fourth-order valence-electron chi connectivity index (χ4n) is 4.06. The van der Waals surface area contributed by atoms with E-state index in [4.69, 9.17) is 0 Å². The summed E-state index contributed by atoms with van der Waals surface area (Å²) in [4.78, 5) is 38.6. The first kappa shape index (κ1) is 24.2. The van der Waals surface area contributed by atoms with Crippen LogP contribution in [0.1, 0.15) is 71.5 Å². The van der Waals surface area contributed by atoms with Gasteiger partial charge in [-0.15, -0.1) is 0 Å². The minimum atomic E-state index is -0.218. The first-order valence-corrected chi connectivity index (χ1v) is 12.2. The molecule has 0 aliphatic carbocycles. The summed E-state index contributed by atoms with van der Waals surface area (Å²) in [6.45, 7) is 4.71. The Morgan fingerprint density at radius 3 is 2.43 bits per heavy atom. The van der Waals surface area contributed by atoms with Crippen LogP contribution in [-0.2, 0) is 6.42 Å². The van der Waals surface area contributed by atoms with E-state index in [2.05, 4.69) is 39.3 Å². The third-order valence-electron chi connectivity index (χ3n) is 5.98. The highest BCUT2D eigenvalue weighted by Crippen LogP contribution is 2.29. The molecule has 0 radical (unpaired) electrons. The lowest BCUT2D eigenvalue weighted by molar-refractivity contribution is 0.0946. The number of hydrogen-bond acceptors (Lipinski definition) is 5. The fourth-order valence-corrected chi connectivity index (χ4v) is 4.06. The van der Waals surface area contributed by atoms with E-state index in [0.29, 0.717) is 36.3 Å². The summed E-state index contributed by atoms with van der Waals surface area (Å²) in [6.07, 6.45) is 8.69. The number of nitrogens with zero attached hydrogens (tertiary/aromatic N) is 3. The maximum absolute atomic E-state index is 12.9. The lowest BCUT2D eigenvalue weighted by Gasteiger charge is -2.13. The molecular weight excluding hydrogens is 436 g/mol. The average Bonchev–Trinajstić information content (AvgIpc) is 2.89. The van der Waals surface area contributed by atoms with Gasteiger partial charge < -0.3 is 5.32 Å². The number of aromatic nitrogens is 3. The molecule has 0 aliphatic heterocycles. The second-order valence-corrected chi connectivity index (χ2v) is 8.61. The van der Waals surface area contributed by atoms with E-state index >= 15 is 0 Å². The number of amides is 1. The molecule has 0 atom stereocenters. The lowest BCUT2D eigenvalue weighted by Crippen LogP contribution is -2.25.